The third-order valence-corrected chi connectivity index (χ3v) is 5.06. The van der Waals surface area contributed by atoms with Gasteiger partial charge >= 0.3 is 0 Å². The normalized spacial score (nSPS) is 16.3. The van der Waals surface area contributed by atoms with Crippen molar-refractivity contribution >= 4 is 34.8 Å². The summed E-state index contributed by atoms with van der Waals surface area (Å²) in [6.45, 7) is 2.40. The van der Waals surface area contributed by atoms with Crippen LogP contribution in [0.2, 0.25) is 10.0 Å². The summed E-state index contributed by atoms with van der Waals surface area (Å²) in [4.78, 5) is 14.5. The molecule has 0 radical (unpaired) electrons. The van der Waals surface area contributed by atoms with E-state index in [1.54, 1.807) is 29.2 Å². The van der Waals surface area contributed by atoms with Crippen molar-refractivity contribution in [2.75, 3.05) is 11.5 Å². The quantitative estimate of drug-likeness (QED) is 0.611. The van der Waals surface area contributed by atoms with Gasteiger partial charge in [0.05, 0.1) is 11.6 Å². The van der Waals surface area contributed by atoms with Crippen molar-refractivity contribution in [3.8, 4) is 5.75 Å². The summed E-state index contributed by atoms with van der Waals surface area (Å²) in [6, 6.07) is 9.77. The molecule has 1 aliphatic heterocycles. The molecule has 0 N–H and O–H groups in total. The Bertz CT molecular complexity index is 812. The number of aryl methyl sites for hydroxylation is 1. The van der Waals surface area contributed by atoms with Gasteiger partial charge < -0.3 is 9.64 Å². The Labute approximate surface area is 162 Å². The molecule has 3 rings (SSSR count). The molecule has 0 saturated heterocycles. The highest BCUT2D eigenvalue weighted by Crippen LogP contribution is 2.32. The van der Waals surface area contributed by atoms with E-state index in [1.807, 2.05) is 6.92 Å². The van der Waals surface area contributed by atoms with Gasteiger partial charge in [-0.05, 0) is 68.1 Å². The van der Waals surface area contributed by atoms with Gasteiger partial charge in [-0.25, -0.2) is 4.39 Å². The molecule has 26 heavy (non-hydrogen) atoms. The first-order valence-electron chi connectivity index (χ1n) is 8.64. The fourth-order valence-electron chi connectivity index (χ4n) is 3.22. The van der Waals surface area contributed by atoms with Crippen LogP contribution in [0, 0.1) is 5.82 Å². The van der Waals surface area contributed by atoms with Gasteiger partial charge in [0.25, 0.3) is 0 Å². The molecule has 138 valence electrons. The van der Waals surface area contributed by atoms with Gasteiger partial charge in [-0.2, -0.15) is 0 Å². The molecule has 1 atom stereocenters. The van der Waals surface area contributed by atoms with Crippen molar-refractivity contribution in [3.05, 3.63) is 57.8 Å². The number of fused-ring (bicyclic) bond motifs is 1. The molecule has 0 saturated carbocycles. The molecule has 2 aromatic rings. The molecule has 6 heteroatoms. The third-order valence-electron chi connectivity index (χ3n) is 4.53. The first-order valence-corrected chi connectivity index (χ1v) is 9.39. The van der Waals surface area contributed by atoms with Gasteiger partial charge in [0.15, 0.2) is 0 Å². The van der Waals surface area contributed by atoms with Crippen LogP contribution in [-0.2, 0) is 11.2 Å². The summed E-state index contributed by atoms with van der Waals surface area (Å²) in [7, 11) is 0. The van der Waals surface area contributed by atoms with Crippen LogP contribution in [0.25, 0.3) is 0 Å². The van der Waals surface area contributed by atoms with Gasteiger partial charge in [0.2, 0.25) is 5.91 Å². The maximum absolute atomic E-state index is 13.4. The monoisotopic (exact) mass is 395 g/mol. The lowest BCUT2D eigenvalue weighted by atomic mass is 9.96. The molecular weight excluding hydrogens is 376 g/mol. The molecule has 1 heterocycles. The second-order valence-electron chi connectivity index (χ2n) is 6.45. The van der Waals surface area contributed by atoms with Crippen molar-refractivity contribution in [3.63, 3.8) is 0 Å². The molecule has 0 aliphatic carbocycles. The molecule has 1 amide bonds. The fraction of sp³-hybridized carbons (Fsp3) is 0.350. The van der Waals surface area contributed by atoms with Crippen molar-refractivity contribution in [2.45, 2.75) is 38.6 Å². The lowest BCUT2D eigenvalue weighted by molar-refractivity contribution is -0.119. The Morgan fingerprint density at radius 2 is 2.08 bits per heavy atom. The van der Waals surface area contributed by atoms with Crippen LogP contribution in [-0.4, -0.2) is 18.6 Å². The molecular formula is C20H20Cl2FNO2. The Hall–Kier alpha value is -1.78. The minimum atomic E-state index is -0.265. The molecule has 0 fully saturated rings. The number of rotatable bonds is 5. The Morgan fingerprint density at radius 1 is 1.27 bits per heavy atom. The van der Waals surface area contributed by atoms with Crippen LogP contribution in [0.1, 0.15) is 31.7 Å². The van der Waals surface area contributed by atoms with E-state index >= 15 is 0 Å². The average Bonchev–Trinajstić information content (AvgIpc) is 2.60. The van der Waals surface area contributed by atoms with E-state index in [0.717, 1.165) is 24.1 Å². The zero-order valence-corrected chi connectivity index (χ0v) is 16.0. The zero-order chi connectivity index (χ0) is 18.7. The van der Waals surface area contributed by atoms with E-state index in [-0.39, 0.29) is 17.8 Å². The predicted molar refractivity (Wildman–Crippen MR) is 103 cm³/mol. The van der Waals surface area contributed by atoms with Crippen molar-refractivity contribution in [1.82, 2.24) is 0 Å². The van der Waals surface area contributed by atoms with Crippen LogP contribution in [0.5, 0.6) is 5.75 Å². The van der Waals surface area contributed by atoms with Gasteiger partial charge in [-0.1, -0.05) is 23.2 Å². The average molecular weight is 396 g/mol. The standard InChI is InChI=1S/C20H20Cl2FNO2/c1-13-4-5-14-11-16(23)7-8-18(14)24(13)20(25)3-2-10-26-19-9-6-15(21)12-17(19)22/h6-9,11-13H,2-5,10H2,1H3/t13-/m0/s1. The molecule has 0 spiro atoms. The fourth-order valence-corrected chi connectivity index (χ4v) is 3.68. The highest BCUT2D eigenvalue weighted by Gasteiger charge is 2.28. The van der Waals surface area contributed by atoms with E-state index in [2.05, 4.69) is 0 Å². The number of benzene rings is 2. The molecule has 0 bridgehead atoms. The maximum Gasteiger partial charge on any atom is 0.227 e. The number of anilines is 1. The number of carbonyl (C=O) groups is 1. The van der Waals surface area contributed by atoms with Crippen molar-refractivity contribution in [1.29, 1.82) is 0 Å². The van der Waals surface area contributed by atoms with Crippen LogP contribution in [0.3, 0.4) is 0 Å². The molecule has 2 aromatic carbocycles. The predicted octanol–water partition coefficient (Wildman–Crippen LogP) is 5.66. The number of ether oxygens (including phenoxy) is 1. The van der Waals surface area contributed by atoms with Gasteiger partial charge in [-0.15, -0.1) is 0 Å². The largest absolute Gasteiger partial charge is 0.492 e. The van der Waals surface area contributed by atoms with Gasteiger partial charge in [0.1, 0.15) is 11.6 Å². The highest BCUT2D eigenvalue weighted by molar-refractivity contribution is 6.35. The zero-order valence-electron chi connectivity index (χ0n) is 14.5. The van der Waals surface area contributed by atoms with Crippen molar-refractivity contribution < 1.29 is 13.9 Å². The Balaban J connectivity index is 1.58. The molecule has 3 nitrogen and oxygen atoms in total. The van der Waals surface area contributed by atoms with E-state index in [9.17, 15) is 9.18 Å². The minimum Gasteiger partial charge on any atom is -0.492 e. The molecule has 0 aromatic heterocycles. The summed E-state index contributed by atoms with van der Waals surface area (Å²) in [6.07, 6.45) is 2.54. The molecule has 1 aliphatic rings. The topological polar surface area (TPSA) is 29.5 Å². The van der Waals surface area contributed by atoms with E-state index in [4.69, 9.17) is 27.9 Å². The highest BCUT2D eigenvalue weighted by atomic mass is 35.5. The lowest BCUT2D eigenvalue weighted by Gasteiger charge is -2.35. The van der Waals surface area contributed by atoms with Crippen LogP contribution in [0.4, 0.5) is 10.1 Å². The summed E-state index contributed by atoms with van der Waals surface area (Å²) in [5.74, 6) is 0.311. The third kappa shape index (κ3) is 4.30. The number of amides is 1. The summed E-state index contributed by atoms with van der Waals surface area (Å²) < 4.78 is 19.1. The Morgan fingerprint density at radius 3 is 2.85 bits per heavy atom. The second-order valence-corrected chi connectivity index (χ2v) is 7.29. The number of halogens is 3. The van der Waals surface area contributed by atoms with E-state index < -0.39 is 0 Å². The van der Waals surface area contributed by atoms with Crippen LogP contribution < -0.4 is 9.64 Å². The van der Waals surface area contributed by atoms with Gasteiger partial charge in [-0.3, -0.25) is 4.79 Å². The van der Waals surface area contributed by atoms with E-state index in [0.29, 0.717) is 35.2 Å². The summed E-state index contributed by atoms with van der Waals surface area (Å²) in [5.41, 5.74) is 1.71. The number of hydrogen-bond acceptors (Lipinski definition) is 2. The van der Waals surface area contributed by atoms with Crippen molar-refractivity contribution in [2.24, 2.45) is 0 Å². The SMILES string of the molecule is C[C@H]1CCc2cc(F)ccc2N1C(=O)CCCOc1ccc(Cl)cc1Cl. The number of hydrogen-bond donors (Lipinski definition) is 0. The van der Waals surface area contributed by atoms with Crippen LogP contribution >= 0.6 is 23.2 Å². The number of nitrogens with zero attached hydrogens (tertiary/aromatic N) is 1. The maximum atomic E-state index is 13.4. The second kappa shape index (κ2) is 8.28. The van der Waals surface area contributed by atoms with E-state index in [1.165, 1.54) is 12.1 Å². The van der Waals surface area contributed by atoms with Gasteiger partial charge in [0, 0.05) is 23.2 Å². The first-order chi connectivity index (χ1) is 12.5. The minimum absolute atomic E-state index is 0.0239. The number of carbonyl (C=O) groups excluding carboxylic acids is 1. The lowest BCUT2D eigenvalue weighted by Crippen LogP contribution is -2.42. The van der Waals surface area contributed by atoms with Crippen LogP contribution in [0.15, 0.2) is 36.4 Å². The first kappa shape index (κ1) is 19.0. The summed E-state index contributed by atoms with van der Waals surface area (Å²) >= 11 is 11.9. The summed E-state index contributed by atoms with van der Waals surface area (Å²) in [5, 5.41) is 0.996. The molecule has 0 unspecified atom stereocenters. The smallest absolute Gasteiger partial charge is 0.227 e. The Kier molecular flexibility index (Phi) is 6.05.